The summed E-state index contributed by atoms with van der Waals surface area (Å²) in [5, 5.41) is 8.68. The Morgan fingerprint density at radius 1 is 0.778 bits per heavy atom. The summed E-state index contributed by atoms with van der Waals surface area (Å²) in [6.07, 6.45) is 3.45. The molecule has 0 unspecified atom stereocenters. The topological polar surface area (TPSA) is 88.7 Å². The second-order valence-corrected chi connectivity index (χ2v) is 8.44. The van der Waals surface area contributed by atoms with Crippen LogP contribution in [0.3, 0.4) is 0 Å². The van der Waals surface area contributed by atoms with E-state index in [4.69, 9.17) is 21.7 Å². The van der Waals surface area contributed by atoms with Crippen LogP contribution in [0.5, 0.6) is 11.5 Å². The van der Waals surface area contributed by atoms with E-state index in [-0.39, 0.29) is 16.9 Å². The molecule has 0 heterocycles. The van der Waals surface area contributed by atoms with Crippen LogP contribution in [0.4, 0.5) is 11.4 Å². The summed E-state index contributed by atoms with van der Waals surface area (Å²) in [6.45, 7) is 2.82. The fourth-order valence-corrected chi connectivity index (χ4v) is 3.54. The Bertz CT molecular complexity index is 1150. The van der Waals surface area contributed by atoms with Crippen LogP contribution in [-0.4, -0.2) is 30.1 Å². The fraction of sp³-hybridized carbons (Fsp3) is 0.250. The Balaban J connectivity index is 1.46. The third-order valence-corrected chi connectivity index (χ3v) is 5.30. The van der Waals surface area contributed by atoms with Crippen LogP contribution in [0, 0.1) is 0 Å². The predicted molar refractivity (Wildman–Crippen MR) is 147 cm³/mol. The van der Waals surface area contributed by atoms with Crippen molar-refractivity contribution in [3.8, 4) is 11.5 Å². The lowest BCUT2D eigenvalue weighted by Crippen LogP contribution is -2.34. The molecule has 8 heteroatoms. The van der Waals surface area contributed by atoms with Gasteiger partial charge < -0.3 is 20.1 Å². The van der Waals surface area contributed by atoms with E-state index in [9.17, 15) is 9.59 Å². The van der Waals surface area contributed by atoms with E-state index in [1.165, 1.54) is 0 Å². The second-order valence-electron chi connectivity index (χ2n) is 8.03. The van der Waals surface area contributed by atoms with Crippen molar-refractivity contribution in [3.05, 3.63) is 84.4 Å². The molecule has 0 atom stereocenters. The minimum atomic E-state index is -0.362. The van der Waals surface area contributed by atoms with Crippen LogP contribution in [0.15, 0.2) is 78.9 Å². The van der Waals surface area contributed by atoms with Gasteiger partial charge in [-0.25, -0.2) is 0 Å². The van der Waals surface area contributed by atoms with Gasteiger partial charge in [-0.05, 0) is 67.2 Å². The highest BCUT2D eigenvalue weighted by Gasteiger charge is 2.10. The molecule has 0 saturated carbocycles. The van der Waals surface area contributed by atoms with E-state index in [1.807, 2.05) is 30.3 Å². The Morgan fingerprint density at radius 3 is 2.19 bits per heavy atom. The predicted octanol–water partition coefficient (Wildman–Crippen LogP) is 5.79. The Morgan fingerprint density at radius 2 is 1.44 bits per heavy atom. The molecule has 3 N–H and O–H groups in total. The summed E-state index contributed by atoms with van der Waals surface area (Å²) >= 11 is 5.30. The van der Waals surface area contributed by atoms with Crippen molar-refractivity contribution in [1.29, 1.82) is 0 Å². The molecule has 2 amide bonds. The molecule has 36 heavy (non-hydrogen) atoms. The van der Waals surface area contributed by atoms with E-state index in [0.29, 0.717) is 42.3 Å². The third-order valence-electron chi connectivity index (χ3n) is 5.10. The van der Waals surface area contributed by atoms with Crippen molar-refractivity contribution in [1.82, 2.24) is 5.32 Å². The average molecular weight is 506 g/mol. The van der Waals surface area contributed by atoms with Crippen LogP contribution in [-0.2, 0) is 4.79 Å². The first kappa shape index (κ1) is 26.7. The van der Waals surface area contributed by atoms with Gasteiger partial charge in [-0.3, -0.25) is 14.9 Å². The lowest BCUT2D eigenvalue weighted by Gasteiger charge is -2.12. The molecule has 0 aromatic heterocycles. The Kier molecular flexibility index (Phi) is 10.7. The van der Waals surface area contributed by atoms with Gasteiger partial charge in [-0.15, -0.1) is 0 Å². The van der Waals surface area contributed by atoms with E-state index in [2.05, 4.69) is 22.9 Å². The van der Waals surface area contributed by atoms with Gasteiger partial charge >= 0.3 is 0 Å². The number of amides is 2. The van der Waals surface area contributed by atoms with Crippen LogP contribution in [0.2, 0.25) is 0 Å². The first-order chi connectivity index (χ1) is 17.5. The third kappa shape index (κ3) is 9.38. The molecule has 7 nitrogen and oxygen atoms in total. The lowest BCUT2D eigenvalue weighted by molar-refractivity contribution is -0.116. The van der Waals surface area contributed by atoms with Gasteiger partial charge in [0.15, 0.2) is 5.11 Å². The molecule has 0 fully saturated rings. The molecule has 0 aliphatic carbocycles. The second kappa shape index (κ2) is 14.5. The molecule has 0 saturated heterocycles. The number of thiocarbonyl (C=S) groups is 1. The number of carbonyl (C=O) groups is 2. The normalized spacial score (nSPS) is 10.2. The summed E-state index contributed by atoms with van der Waals surface area (Å²) in [7, 11) is 0. The molecule has 3 aromatic carbocycles. The molecular weight excluding hydrogens is 474 g/mol. The van der Waals surface area contributed by atoms with Gasteiger partial charge in [0, 0.05) is 23.4 Å². The average Bonchev–Trinajstić information content (AvgIpc) is 2.88. The van der Waals surface area contributed by atoms with Gasteiger partial charge in [-0.2, -0.15) is 0 Å². The van der Waals surface area contributed by atoms with E-state index >= 15 is 0 Å². The summed E-state index contributed by atoms with van der Waals surface area (Å²) in [5.41, 5.74) is 1.73. The minimum Gasteiger partial charge on any atom is -0.490 e. The van der Waals surface area contributed by atoms with Crippen LogP contribution >= 0.6 is 12.2 Å². The zero-order valence-electron chi connectivity index (χ0n) is 20.3. The number of unbranched alkanes of at least 4 members (excludes halogenated alkanes) is 2. The van der Waals surface area contributed by atoms with E-state index in [1.54, 1.807) is 48.5 Å². The summed E-state index contributed by atoms with van der Waals surface area (Å²) in [4.78, 5) is 24.7. The minimum absolute atomic E-state index is 0.0230. The van der Waals surface area contributed by atoms with Crippen molar-refractivity contribution in [2.24, 2.45) is 0 Å². The molecule has 0 aliphatic heterocycles. The highest BCUT2D eigenvalue weighted by Crippen LogP contribution is 2.17. The number of benzene rings is 3. The standard InChI is InChI=1S/C28H31N3O4S/c1-2-3-5-16-26(32)29-22-11-9-12-23(20-22)30-28(36)31-27(33)21-10-8-15-25(19-21)35-18-17-34-24-13-6-4-7-14-24/h4,6-15,19-20H,2-3,5,16-18H2,1H3,(H,29,32)(H2,30,31,33,36). The van der Waals surface area contributed by atoms with Crippen LogP contribution in [0.25, 0.3) is 0 Å². The number of para-hydroxylation sites is 1. The molecule has 188 valence electrons. The number of anilines is 2. The van der Waals surface area contributed by atoms with Gasteiger partial charge in [0.25, 0.3) is 5.91 Å². The first-order valence-electron chi connectivity index (χ1n) is 12.0. The largest absolute Gasteiger partial charge is 0.490 e. The number of hydrogen-bond donors (Lipinski definition) is 3. The van der Waals surface area contributed by atoms with E-state index in [0.717, 1.165) is 25.0 Å². The number of hydrogen-bond acceptors (Lipinski definition) is 5. The summed E-state index contributed by atoms with van der Waals surface area (Å²) in [5.74, 6) is 0.944. The molecule has 0 radical (unpaired) electrons. The van der Waals surface area contributed by atoms with Gasteiger partial charge in [0.1, 0.15) is 24.7 Å². The quantitative estimate of drug-likeness (QED) is 0.213. The molecule has 0 bridgehead atoms. The maximum absolute atomic E-state index is 12.7. The van der Waals surface area contributed by atoms with Crippen molar-refractivity contribution < 1.29 is 19.1 Å². The molecule has 3 rings (SSSR count). The number of ether oxygens (including phenoxy) is 2. The number of carbonyl (C=O) groups excluding carboxylic acids is 2. The van der Waals surface area contributed by atoms with Crippen molar-refractivity contribution in [2.75, 3.05) is 23.8 Å². The Hall–Kier alpha value is -3.91. The van der Waals surface area contributed by atoms with Gasteiger partial charge in [0.2, 0.25) is 5.91 Å². The molecular formula is C28H31N3O4S. The van der Waals surface area contributed by atoms with Crippen LogP contribution < -0.4 is 25.4 Å². The van der Waals surface area contributed by atoms with Gasteiger partial charge in [-0.1, -0.05) is 50.1 Å². The van der Waals surface area contributed by atoms with Crippen LogP contribution in [0.1, 0.15) is 43.0 Å². The molecule has 0 spiro atoms. The van der Waals surface area contributed by atoms with E-state index < -0.39 is 0 Å². The summed E-state index contributed by atoms with van der Waals surface area (Å²) in [6, 6.07) is 23.5. The highest BCUT2D eigenvalue weighted by molar-refractivity contribution is 7.80. The lowest BCUT2D eigenvalue weighted by atomic mass is 10.2. The van der Waals surface area contributed by atoms with Crippen molar-refractivity contribution in [3.63, 3.8) is 0 Å². The maximum atomic E-state index is 12.7. The molecule has 0 aliphatic rings. The SMILES string of the molecule is CCCCCC(=O)Nc1cccc(NC(=S)NC(=O)c2cccc(OCCOc3ccccc3)c2)c1. The van der Waals surface area contributed by atoms with Gasteiger partial charge in [0.05, 0.1) is 0 Å². The zero-order chi connectivity index (χ0) is 25.6. The monoisotopic (exact) mass is 505 g/mol. The zero-order valence-corrected chi connectivity index (χ0v) is 21.1. The first-order valence-corrected chi connectivity index (χ1v) is 12.4. The number of rotatable bonds is 12. The summed E-state index contributed by atoms with van der Waals surface area (Å²) < 4.78 is 11.3. The van der Waals surface area contributed by atoms with Crippen molar-refractivity contribution >= 4 is 40.5 Å². The highest BCUT2D eigenvalue weighted by atomic mass is 32.1. The van der Waals surface area contributed by atoms with Crippen molar-refractivity contribution in [2.45, 2.75) is 32.6 Å². The Labute approximate surface area is 217 Å². The smallest absolute Gasteiger partial charge is 0.257 e. The maximum Gasteiger partial charge on any atom is 0.257 e. The fourth-order valence-electron chi connectivity index (χ4n) is 3.33. The number of nitrogens with one attached hydrogen (secondary N) is 3. The molecule has 3 aromatic rings.